The van der Waals surface area contributed by atoms with E-state index in [2.05, 4.69) is 9.97 Å². The van der Waals surface area contributed by atoms with Gasteiger partial charge >= 0.3 is 0 Å². The number of nitriles is 1. The van der Waals surface area contributed by atoms with Gasteiger partial charge in [-0.3, -0.25) is 0 Å². The summed E-state index contributed by atoms with van der Waals surface area (Å²) < 4.78 is 10.7. The van der Waals surface area contributed by atoms with Crippen LogP contribution in [0.3, 0.4) is 0 Å². The molecule has 0 bridgehead atoms. The third-order valence-corrected chi connectivity index (χ3v) is 3.27. The minimum atomic E-state index is 0.148. The third-order valence-electron chi connectivity index (χ3n) is 2.72. The molecule has 21 heavy (non-hydrogen) atoms. The van der Waals surface area contributed by atoms with Crippen molar-refractivity contribution < 1.29 is 9.47 Å². The van der Waals surface area contributed by atoms with Gasteiger partial charge in [-0.1, -0.05) is 11.8 Å². The lowest BCUT2D eigenvalue weighted by Gasteiger charge is -2.09. The molecule has 6 nitrogen and oxygen atoms in total. The van der Waals surface area contributed by atoms with Crippen LogP contribution in [0.5, 0.6) is 11.5 Å². The van der Waals surface area contributed by atoms with Crippen LogP contribution in [0.4, 0.5) is 5.82 Å². The maximum absolute atomic E-state index is 9.14. The van der Waals surface area contributed by atoms with E-state index in [0.29, 0.717) is 16.6 Å². The van der Waals surface area contributed by atoms with Gasteiger partial charge in [0.2, 0.25) is 0 Å². The lowest BCUT2D eigenvalue weighted by Crippen LogP contribution is -2.08. The van der Waals surface area contributed by atoms with E-state index in [-0.39, 0.29) is 18.0 Å². The molecule has 0 spiro atoms. The van der Waals surface area contributed by atoms with E-state index in [1.165, 1.54) is 11.8 Å². The Kier molecular flexibility index (Phi) is 4.85. The number of hydrogen-bond acceptors (Lipinski definition) is 7. The van der Waals surface area contributed by atoms with Crippen LogP contribution in [0.1, 0.15) is 11.3 Å². The molecule has 1 aromatic carbocycles. The van der Waals surface area contributed by atoms with Crippen molar-refractivity contribution in [3.05, 3.63) is 35.5 Å². The normalized spacial score (nSPS) is 9.95. The van der Waals surface area contributed by atoms with Crippen molar-refractivity contribution in [2.45, 2.75) is 11.8 Å². The minimum Gasteiger partial charge on any atom is -0.497 e. The lowest BCUT2D eigenvalue weighted by atomic mass is 10.2. The second kappa shape index (κ2) is 6.81. The Morgan fingerprint density at radius 1 is 1.24 bits per heavy atom. The molecular formula is C14H14N4O2S. The molecule has 0 aliphatic heterocycles. The number of ether oxygens (including phenoxy) is 2. The van der Waals surface area contributed by atoms with Gasteiger partial charge in [0.05, 0.1) is 7.11 Å². The number of rotatable bonds is 5. The van der Waals surface area contributed by atoms with Crippen molar-refractivity contribution in [3.8, 4) is 17.6 Å². The summed E-state index contributed by atoms with van der Waals surface area (Å²) in [6.07, 6.45) is 1.84. The topological polar surface area (TPSA) is 94.1 Å². The number of methoxy groups -OCH3 is 1. The van der Waals surface area contributed by atoms with Crippen molar-refractivity contribution >= 4 is 17.6 Å². The number of nitrogens with zero attached hydrogens (tertiary/aromatic N) is 3. The van der Waals surface area contributed by atoms with Gasteiger partial charge in [0.1, 0.15) is 41.3 Å². The molecule has 0 radical (unpaired) electrons. The molecule has 0 atom stereocenters. The monoisotopic (exact) mass is 302 g/mol. The zero-order valence-corrected chi connectivity index (χ0v) is 12.5. The fourth-order valence-corrected chi connectivity index (χ4v) is 2.04. The molecule has 0 aliphatic carbocycles. The predicted octanol–water partition coefficient (Wildman–Crippen LogP) is 2.24. The summed E-state index contributed by atoms with van der Waals surface area (Å²) in [6, 6.07) is 9.16. The number of nitrogens with two attached hydrogens (primary N) is 1. The molecule has 2 aromatic rings. The van der Waals surface area contributed by atoms with Crippen molar-refractivity contribution in [2.24, 2.45) is 0 Å². The first-order valence-corrected chi connectivity index (χ1v) is 7.27. The summed E-state index contributed by atoms with van der Waals surface area (Å²) in [6.45, 7) is 0.148. The number of benzene rings is 1. The summed E-state index contributed by atoms with van der Waals surface area (Å²) in [7, 11) is 1.60. The van der Waals surface area contributed by atoms with Gasteiger partial charge in [0, 0.05) is 0 Å². The molecule has 108 valence electrons. The summed E-state index contributed by atoms with van der Waals surface area (Å²) in [5.41, 5.74) is 6.48. The second-order valence-corrected chi connectivity index (χ2v) is 4.77. The number of hydrogen-bond donors (Lipinski definition) is 1. The number of nitrogen functional groups attached to an aromatic ring is 1. The quantitative estimate of drug-likeness (QED) is 0.668. The Balaban J connectivity index is 2.18. The zero-order valence-electron chi connectivity index (χ0n) is 11.7. The molecule has 0 amide bonds. The van der Waals surface area contributed by atoms with Crippen molar-refractivity contribution in [3.63, 3.8) is 0 Å². The molecular weight excluding hydrogens is 288 g/mol. The SMILES string of the molecule is COc1ccc(OCc2nc(SC)nc(N)c2C#N)cc1. The van der Waals surface area contributed by atoms with Crippen LogP contribution in [0, 0.1) is 11.3 Å². The maximum Gasteiger partial charge on any atom is 0.189 e. The fraction of sp³-hybridized carbons (Fsp3) is 0.214. The van der Waals surface area contributed by atoms with Gasteiger partial charge in [-0.25, -0.2) is 9.97 Å². The standard InChI is InChI=1S/C14H14N4O2S/c1-19-9-3-5-10(6-4-9)20-8-12-11(7-15)13(16)18-14(17-12)21-2/h3-6H,8H2,1-2H3,(H2,16,17,18). The van der Waals surface area contributed by atoms with Crippen molar-refractivity contribution in [1.82, 2.24) is 9.97 Å². The molecule has 0 unspecified atom stereocenters. The van der Waals surface area contributed by atoms with E-state index in [1.54, 1.807) is 31.4 Å². The summed E-state index contributed by atoms with van der Waals surface area (Å²) in [5, 5.41) is 9.65. The minimum absolute atomic E-state index is 0.148. The first kappa shape index (κ1) is 14.9. The van der Waals surface area contributed by atoms with E-state index >= 15 is 0 Å². The smallest absolute Gasteiger partial charge is 0.189 e. The number of anilines is 1. The van der Waals surface area contributed by atoms with E-state index < -0.39 is 0 Å². The molecule has 0 aliphatic rings. The Labute approximate surface area is 126 Å². The Morgan fingerprint density at radius 2 is 1.90 bits per heavy atom. The Bertz CT molecular complexity index is 668. The molecule has 1 aromatic heterocycles. The number of thioether (sulfide) groups is 1. The molecule has 0 saturated heterocycles. The van der Waals surface area contributed by atoms with Gasteiger partial charge in [0.25, 0.3) is 0 Å². The average Bonchev–Trinajstić information content (AvgIpc) is 2.52. The summed E-state index contributed by atoms with van der Waals surface area (Å²) >= 11 is 1.36. The van der Waals surface area contributed by atoms with Crippen LogP contribution in [-0.2, 0) is 6.61 Å². The van der Waals surface area contributed by atoms with E-state index in [1.807, 2.05) is 12.3 Å². The largest absolute Gasteiger partial charge is 0.497 e. The first-order chi connectivity index (χ1) is 10.2. The van der Waals surface area contributed by atoms with Crippen LogP contribution in [0.2, 0.25) is 0 Å². The van der Waals surface area contributed by atoms with E-state index in [9.17, 15) is 0 Å². The number of aromatic nitrogens is 2. The highest BCUT2D eigenvalue weighted by Crippen LogP contribution is 2.21. The van der Waals surface area contributed by atoms with Gasteiger partial charge in [-0.2, -0.15) is 5.26 Å². The third kappa shape index (κ3) is 3.55. The Hall–Kier alpha value is -2.46. The van der Waals surface area contributed by atoms with Crippen LogP contribution < -0.4 is 15.2 Å². The zero-order chi connectivity index (χ0) is 15.2. The van der Waals surface area contributed by atoms with Crippen LogP contribution in [0.25, 0.3) is 0 Å². The van der Waals surface area contributed by atoms with Gasteiger partial charge < -0.3 is 15.2 Å². The molecule has 0 saturated carbocycles. The highest BCUT2D eigenvalue weighted by Gasteiger charge is 2.12. The molecule has 7 heteroatoms. The molecule has 0 fully saturated rings. The van der Waals surface area contributed by atoms with Crippen LogP contribution >= 0.6 is 11.8 Å². The van der Waals surface area contributed by atoms with E-state index in [0.717, 1.165) is 5.75 Å². The van der Waals surface area contributed by atoms with Crippen LogP contribution in [-0.4, -0.2) is 23.3 Å². The van der Waals surface area contributed by atoms with Gasteiger partial charge in [-0.15, -0.1) is 0 Å². The molecule has 2 rings (SSSR count). The average molecular weight is 302 g/mol. The molecule has 1 heterocycles. The lowest BCUT2D eigenvalue weighted by molar-refractivity contribution is 0.299. The highest BCUT2D eigenvalue weighted by molar-refractivity contribution is 7.98. The Morgan fingerprint density at radius 3 is 2.48 bits per heavy atom. The highest BCUT2D eigenvalue weighted by atomic mass is 32.2. The van der Waals surface area contributed by atoms with Crippen LogP contribution in [0.15, 0.2) is 29.4 Å². The molecule has 2 N–H and O–H groups in total. The first-order valence-electron chi connectivity index (χ1n) is 6.05. The predicted molar refractivity (Wildman–Crippen MR) is 80.3 cm³/mol. The van der Waals surface area contributed by atoms with Crippen molar-refractivity contribution in [2.75, 3.05) is 19.1 Å². The van der Waals surface area contributed by atoms with E-state index in [4.69, 9.17) is 20.5 Å². The summed E-state index contributed by atoms with van der Waals surface area (Å²) in [5.74, 6) is 1.57. The fourth-order valence-electron chi connectivity index (χ4n) is 1.64. The van der Waals surface area contributed by atoms with Gasteiger partial charge in [-0.05, 0) is 30.5 Å². The second-order valence-electron chi connectivity index (χ2n) is 3.99. The maximum atomic E-state index is 9.14. The summed E-state index contributed by atoms with van der Waals surface area (Å²) in [4.78, 5) is 8.31. The van der Waals surface area contributed by atoms with Gasteiger partial charge in [0.15, 0.2) is 5.16 Å². The van der Waals surface area contributed by atoms with Crippen molar-refractivity contribution in [1.29, 1.82) is 5.26 Å².